The molecule has 6 heteroatoms. The van der Waals surface area contributed by atoms with E-state index < -0.39 is 0 Å². The fourth-order valence-corrected chi connectivity index (χ4v) is 3.04. The van der Waals surface area contributed by atoms with Crippen LogP contribution in [0.3, 0.4) is 0 Å². The molecule has 3 aromatic rings. The summed E-state index contributed by atoms with van der Waals surface area (Å²) >= 11 is 1.64. The second kappa shape index (κ2) is 6.97. The molecule has 0 atom stereocenters. The highest BCUT2D eigenvalue weighted by Crippen LogP contribution is 2.22. The third-order valence-electron chi connectivity index (χ3n) is 3.73. The summed E-state index contributed by atoms with van der Waals surface area (Å²) < 4.78 is 5.03. The Morgan fingerprint density at radius 3 is 2.58 bits per heavy atom. The van der Waals surface area contributed by atoms with E-state index in [1.807, 2.05) is 49.6 Å². The van der Waals surface area contributed by atoms with Gasteiger partial charge in [-0.1, -0.05) is 29.4 Å². The molecule has 3 rings (SSSR count). The lowest BCUT2D eigenvalue weighted by atomic mass is 10.1. The third kappa shape index (κ3) is 3.89. The largest absolute Gasteiger partial charge is 0.361 e. The summed E-state index contributed by atoms with van der Waals surface area (Å²) in [6, 6.07) is 9.83. The first-order chi connectivity index (χ1) is 11.5. The lowest BCUT2D eigenvalue weighted by Crippen LogP contribution is -2.27. The topological polar surface area (TPSA) is 59.2 Å². The van der Waals surface area contributed by atoms with Crippen molar-refractivity contribution in [1.82, 2.24) is 15.0 Å². The zero-order chi connectivity index (χ0) is 17.1. The number of thiazole rings is 1. The van der Waals surface area contributed by atoms with Gasteiger partial charge in [0.05, 0.1) is 23.7 Å². The van der Waals surface area contributed by atoms with Crippen molar-refractivity contribution in [2.75, 3.05) is 7.05 Å². The Labute approximate surface area is 144 Å². The monoisotopic (exact) mass is 341 g/mol. The molecule has 1 aromatic carbocycles. The van der Waals surface area contributed by atoms with Gasteiger partial charge in [-0.25, -0.2) is 4.98 Å². The minimum atomic E-state index is 0.0490. The zero-order valence-corrected chi connectivity index (χ0v) is 14.8. The van der Waals surface area contributed by atoms with Gasteiger partial charge in [0.25, 0.3) is 0 Å². The van der Waals surface area contributed by atoms with E-state index >= 15 is 0 Å². The first-order valence-corrected chi connectivity index (χ1v) is 8.57. The Hall–Kier alpha value is -2.47. The van der Waals surface area contributed by atoms with Crippen molar-refractivity contribution in [3.8, 4) is 11.3 Å². The average molecular weight is 341 g/mol. The summed E-state index contributed by atoms with van der Waals surface area (Å²) in [6.45, 7) is 4.28. The Kier molecular flexibility index (Phi) is 4.76. The lowest BCUT2D eigenvalue weighted by Gasteiger charge is -2.15. The van der Waals surface area contributed by atoms with Crippen LogP contribution in [-0.4, -0.2) is 28.0 Å². The van der Waals surface area contributed by atoms with Gasteiger partial charge in [-0.2, -0.15) is 0 Å². The molecule has 0 unspecified atom stereocenters. The number of likely N-dealkylation sites (N-methyl/N-ethyl adjacent to an activating group) is 1. The van der Waals surface area contributed by atoms with E-state index in [9.17, 15) is 4.79 Å². The van der Waals surface area contributed by atoms with Gasteiger partial charge in [0.2, 0.25) is 5.91 Å². The zero-order valence-electron chi connectivity index (χ0n) is 13.9. The first kappa shape index (κ1) is 16.4. The van der Waals surface area contributed by atoms with Gasteiger partial charge in [-0.15, -0.1) is 11.3 Å². The number of carbonyl (C=O) groups is 1. The van der Waals surface area contributed by atoms with E-state index in [-0.39, 0.29) is 5.91 Å². The summed E-state index contributed by atoms with van der Waals surface area (Å²) in [5, 5.41) is 7.01. The molecule has 0 fully saturated rings. The van der Waals surface area contributed by atoms with Crippen molar-refractivity contribution in [1.29, 1.82) is 0 Å². The maximum atomic E-state index is 12.3. The quantitative estimate of drug-likeness (QED) is 0.711. The summed E-state index contributed by atoms with van der Waals surface area (Å²) in [6.07, 6.45) is 0.365. The molecule has 0 aliphatic rings. The molecule has 0 N–H and O–H groups in total. The molecule has 124 valence electrons. The van der Waals surface area contributed by atoms with Crippen LogP contribution in [0.4, 0.5) is 0 Å². The van der Waals surface area contributed by atoms with Gasteiger partial charge < -0.3 is 9.42 Å². The molecule has 0 radical (unpaired) electrons. The Morgan fingerprint density at radius 1 is 1.25 bits per heavy atom. The number of aryl methyl sites for hydroxylation is 2. The van der Waals surface area contributed by atoms with E-state index in [0.29, 0.717) is 13.0 Å². The average Bonchev–Trinajstić information content (AvgIpc) is 3.16. The molecule has 0 spiro atoms. The number of carbonyl (C=O) groups excluding carboxylic acids is 1. The highest BCUT2D eigenvalue weighted by atomic mass is 32.1. The van der Waals surface area contributed by atoms with E-state index in [1.165, 1.54) is 0 Å². The van der Waals surface area contributed by atoms with Crippen molar-refractivity contribution >= 4 is 17.2 Å². The van der Waals surface area contributed by atoms with Crippen LogP contribution in [0.15, 0.2) is 40.2 Å². The standard InChI is InChI=1S/C18H19N3O2S/c1-12-8-16(20-23-12)10-21(3)18(22)9-14-4-6-15(7-5-14)17-11-24-13(2)19-17/h4-8,11H,9-10H2,1-3H3. The Morgan fingerprint density at radius 2 is 2.00 bits per heavy atom. The first-order valence-electron chi connectivity index (χ1n) is 7.69. The Bertz CT molecular complexity index is 836. The highest BCUT2D eigenvalue weighted by Gasteiger charge is 2.12. The third-order valence-corrected chi connectivity index (χ3v) is 4.50. The second-order valence-electron chi connectivity index (χ2n) is 5.80. The number of hydrogen-bond acceptors (Lipinski definition) is 5. The molecule has 2 aromatic heterocycles. The smallest absolute Gasteiger partial charge is 0.227 e. The lowest BCUT2D eigenvalue weighted by molar-refractivity contribution is -0.129. The number of nitrogens with zero attached hydrogens (tertiary/aromatic N) is 3. The molecule has 1 amide bonds. The number of hydrogen-bond donors (Lipinski definition) is 0. The number of aromatic nitrogens is 2. The van der Waals surface area contributed by atoms with Gasteiger partial charge in [0.15, 0.2) is 0 Å². The molecule has 0 bridgehead atoms. The fourth-order valence-electron chi connectivity index (χ4n) is 2.42. The number of rotatable bonds is 5. The SMILES string of the molecule is Cc1cc(CN(C)C(=O)Cc2ccc(-c3csc(C)n3)cc2)no1. The molecule has 24 heavy (non-hydrogen) atoms. The highest BCUT2D eigenvalue weighted by molar-refractivity contribution is 7.09. The molecule has 0 saturated carbocycles. The van der Waals surface area contributed by atoms with E-state index in [1.54, 1.807) is 23.3 Å². The number of amides is 1. The van der Waals surface area contributed by atoms with Gasteiger partial charge in [-0.3, -0.25) is 4.79 Å². The van der Waals surface area contributed by atoms with Crippen LogP contribution in [0.5, 0.6) is 0 Å². The second-order valence-corrected chi connectivity index (χ2v) is 6.87. The predicted molar refractivity (Wildman–Crippen MR) is 93.7 cm³/mol. The van der Waals surface area contributed by atoms with E-state index in [4.69, 9.17) is 4.52 Å². The molecular formula is C18H19N3O2S. The van der Waals surface area contributed by atoms with Gasteiger partial charge in [-0.05, 0) is 19.4 Å². The molecule has 0 aliphatic carbocycles. The predicted octanol–water partition coefficient (Wildman–Crippen LogP) is 3.62. The normalized spacial score (nSPS) is 10.8. The van der Waals surface area contributed by atoms with Crippen molar-refractivity contribution in [3.05, 3.63) is 57.7 Å². The van der Waals surface area contributed by atoms with Crippen molar-refractivity contribution in [2.45, 2.75) is 26.8 Å². The van der Waals surface area contributed by atoms with E-state index in [0.717, 1.165) is 33.3 Å². The summed E-state index contributed by atoms with van der Waals surface area (Å²) in [5.41, 5.74) is 3.80. The number of benzene rings is 1. The molecule has 0 saturated heterocycles. The van der Waals surface area contributed by atoms with Gasteiger partial charge in [0.1, 0.15) is 11.5 Å². The summed E-state index contributed by atoms with van der Waals surface area (Å²) in [5.74, 6) is 0.798. The molecule has 0 aliphatic heterocycles. The minimum Gasteiger partial charge on any atom is -0.361 e. The minimum absolute atomic E-state index is 0.0490. The van der Waals surface area contributed by atoms with Crippen LogP contribution in [0, 0.1) is 13.8 Å². The summed E-state index contributed by atoms with van der Waals surface area (Å²) in [7, 11) is 1.78. The van der Waals surface area contributed by atoms with Crippen molar-refractivity contribution in [2.24, 2.45) is 0 Å². The van der Waals surface area contributed by atoms with Crippen LogP contribution in [0.1, 0.15) is 22.0 Å². The van der Waals surface area contributed by atoms with Crippen LogP contribution < -0.4 is 0 Å². The van der Waals surface area contributed by atoms with Crippen LogP contribution in [0.2, 0.25) is 0 Å². The maximum Gasteiger partial charge on any atom is 0.227 e. The molecule has 2 heterocycles. The van der Waals surface area contributed by atoms with E-state index in [2.05, 4.69) is 10.1 Å². The molecule has 5 nitrogen and oxygen atoms in total. The summed E-state index contributed by atoms with van der Waals surface area (Å²) in [4.78, 5) is 18.5. The fraction of sp³-hybridized carbons (Fsp3) is 0.278. The van der Waals surface area contributed by atoms with Crippen molar-refractivity contribution in [3.63, 3.8) is 0 Å². The molecular weight excluding hydrogens is 322 g/mol. The maximum absolute atomic E-state index is 12.3. The Balaban J connectivity index is 1.61. The van der Waals surface area contributed by atoms with Crippen LogP contribution in [0.25, 0.3) is 11.3 Å². The van der Waals surface area contributed by atoms with Crippen LogP contribution >= 0.6 is 11.3 Å². The van der Waals surface area contributed by atoms with Crippen molar-refractivity contribution < 1.29 is 9.32 Å². The van der Waals surface area contributed by atoms with Crippen LogP contribution in [-0.2, 0) is 17.8 Å². The van der Waals surface area contributed by atoms with Gasteiger partial charge in [0, 0.05) is 24.1 Å². The van der Waals surface area contributed by atoms with Gasteiger partial charge >= 0.3 is 0 Å².